The fourth-order valence-electron chi connectivity index (χ4n) is 1.79. The number of amides is 1. The molecule has 0 radical (unpaired) electrons. The van der Waals surface area contributed by atoms with Crippen molar-refractivity contribution in [3.63, 3.8) is 0 Å². The van der Waals surface area contributed by atoms with E-state index in [0.29, 0.717) is 6.42 Å². The lowest BCUT2D eigenvalue weighted by molar-refractivity contribution is -0.150. The van der Waals surface area contributed by atoms with Crippen molar-refractivity contribution >= 4 is 17.6 Å². The molecule has 0 aliphatic carbocycles. The normalized spacial score (nSPS) is 22.7. The predicted molar refractivity (Wildman–Crippen MR) is 60.6 cm³/mol. The Kier molecular flexibility index (Phi) is 3.57. The monoisotopic (exact) mass is 253 g/mol. The van der Waals surface area contributed by atoms with Crippen LogP contribution in [0, 0.1) is 5.82 Å². The van der Waals surface area contributed by atoms with E-state index in [2.05, 4.69) is 5.32 Å². The van der Waals surface area contributed by atoms with Crippen LogP contribution in [0.25, 0.3) is 0 Å². The second-order valence-corrected chi connectivity index (χ2v) is 4.00. The number of rotatable bonds is 3. The van der Waals surface area contributed by atoms with E-state index < -0.39 is 29.9 Å². The van der Waals surface area contributed by atoms with Crippen LogP contribution in [-0.2, 0) is 14.3 Å². The molecule has 1 fully saturated rings. The van der Waals surface area contributed by atoms with Crippen molar-refractivity contribution in [3.8, 4) is 0 Å². The van der Waals surface area contributed by atoms with Crippen molar-refractivity contribution in [2.24, 2.45) is 0 Å². The molecule has 0 spiro atoms. The Labute approximate surface area is 103 Å². The number of carboxylic acid groups (broad SMARTS) is 1. The molecule has 0 aromatic heterocycles. The lowest BCUT2D eigenvalue weighted by Gasteiger charge is -2.12. The molecule has 0 bridgehead atoms. The van der Waals surface area contributed by atoms with Crippen molar-refractivity contribution < 1.29 is 23.8 Å². The van der Waals surface area contributed by atoms with Crippen LogP contribution in [0.15, 0.2) is 24.3 Å². The molecule has 6 heteroatoms. The molecule has 2 atom stereocenters. The Bertz CT molecular complexity index is 477. The van der Waals surface area contributed by atoms with E-state index in [-0.39, 0.29) is 12.1 Å². The Morgan fingerprint density at radius 3 is 2.56 bits per heavy atom. The maximum Gasteiger partial charge on any atom is 0.332 e. The van der Waals surface area contributed by atoms with E-state index in [1.165, 1.54) is 18.2 Å². The molecule has 2 N–H and O–H groups in total. The Morgan fingerprint density at radius 1 is 1.28 bits per heavy atom. The summed E-state index contributed by atoms with van der Waals surface area (Å²) < 4.78 is 18.4. The molecule has 1 aliphatic rings. The minimum Gasteiger partial charge on any atom is -0.479 e. The summed E-state index contributed by atoms with van der Waals surface area (Å²) >= 11 is 0. The number of halogens is 1. The number of hydrogen-bond acceptors (Lipinski definition) is 3. The third-order valence-corrected chi connectivity index (χ3v) is 2.72. The standard InChI is InChI=1S/C12H12FNO4/c13-7-3-1-2-4-8(7)14-11(15)9-5-6-10(18-9)12(16)17/h1-4,9-10H,5-6H2,(H,14,15)(H,16,17)/t9-,10+/m0/s1. The molecular weight excluding hydrogens is 241 g/mol. The summed E-state index contributed by atoms with van der Waals surface area (Å²) in [5.74, 6) is -2.15. The average molecular weight is 253 g/mol. The van der Waals surface area contributed by atoms with E-state index >= 15 is 0 Å². The van der Waals surface area contributed by atoms with Crippen LogP contribution in [0.5, 0.6) is 0 Å². The van der Waals surface area contributed by atoms with E-state index in [0.717, 1.165) is 0 Å². The second-order valence-electron chi connectivity index (χ2n) is 4.00. The average Bonchev–Trinajstić information content (AvgIpc) is 2.81. The third kappa shape index (κ3) is 2.65. The molecule has 1 aliphatic heterocycles. The molecule has 1 heterocycles. The van der Waals surface area contributed by atoms with Gasteiger partial charge in [0.25, 0.3) is 5.91 Å². The number of aliphatic carboxylic acids is 1. The highest BCUT2D eigenvalue weighted by Gasteiger charge is 2.34. The summed E-state index contributed by atoms with van der Waals surface area (Å²) in [6.07, 6.45) is -1.20. The van der Waals surface area contributed by atoms with Crippen LogP contribution in [0.3, 0.4) is 0 Å². The van der Waals surface area contributed by atoms with Crippen LogP contribution >= 0.6 is 0 Å². The third-order valence-electron chi connectivity index (χ3n) is 2.72. The first-order valence-electron chi connectivity index (χ1n) is 5.51. The number of carbonyl (C=O) groups excluding carboxylic acids is 1. The molecule has 1 saturated heterocycles. The predicted octanol–water partition coefficient (Wildman–Crippen LogP) is 1.40. The van der Waals surface area contributed by atoms with Crippen LogP contribution < -0.4 is 5.32 Å². The van der Waals surface area contributed by atoms with Crippen molar-refractivity contribution in [1.82, 2.24) is 0 Å². The number of ether oxygens (including phenoxy) is 1. The number of anilines is 1. The molecule has 5 nitrogen and oxygen atoms in total. The lowest BCUT2D eigenvalue weighted by atomic mass is 10.2. The van der Waals surface area contributed by atoms with Gasteiger partial charge in [0, 0.05) is 0 Å². The summed E-state index contributed by atoms with van der Waals surface area (Å²) in [6.45, 7) is 0. The first-order valence-corrected chi connectivity index (χ1v) is 5.51. The summed E-state index contributed by atoms with van der Waals surface area (Å²) in [4.78, 5) is 22.4. The van der Waals surface area contributed by atoms with Crippen LogP contribution in [0.2, 0.25) is 0 Å². The fraction of sp³-hybridized carbons (Fsp3) is 0.333. The summed E-state index contributed by atoms with van der Waals surface area (Å²) in [5.41, 5.74) is 0.0601. The molecule has 96 valence electrons. The summed E-state index contributed by atoms with van der Waals surface area (Å²) in [6, 6.07) is 5.76. The van der Waals surface area contributed by atoms with Gasteiger partial charge in [-0.3, -0.25) is 4.79 Å². The van der Waals surface area contributed by atoms with Gasteiger partial charge in [0.2, 0.25) is 0 Å². The van der Waals surface area contributed by atoms with Gasteiger partial charge < -0.3 is 15.2 Å². The zero-order valence-electron chi connectivity index (χ0n) is 9.43. The number of carboxylic acids is 1. The van der Waals surface area contributed by atoms with Gasteiger partial charge >= 0.3 is 5.97 Å². The smallest absolute Gasteiger partial charge is 0.332 e. The summed E-state index contributed by atoms with van der Waals surface area (Å²) in [7, 11) is 0. The first-order chi connectivity index (χ1) is 8.58. The summed E-state index contributed by atoms with van der Waals surface area (Å²) in [5, 5.41) is 11.1. The molecule has 1 amide bonds. The highest BCUT2D eigenvalue weighted by atomic mass is 19.1. The van der Waals surface area contributed by atoms with Gasteiger partial charge in [0.15, 0.2) is 6.10 Å². The van der Waals surface area contributed by atoms with Crippen molar-refractivity contribution in [2.45, 2.75) is 25.0 Å². The number of carbonyl (C=O) groups is 2. The molecular formula is C12H12FNO4. The van der Waals surface area contributed by atoms with Gasteiger partial charge in [-0.25, -0.2) is 9.18 Å². The molecule has 18 heavy (non-hydrogen) atoms. The minimum absolute atomic E-state index is 0.0601. The SMILES string of the molecule is O=C(Nc1ccccc1F)[C@@H]1CC[C@H](C(=O)O)O1. The van der Waals surface area contributed by atoms with Gasteiger partial charge in [-0.05, 0) is 25.0 Å². The Balaban J connectivity index is 1.98. The van der Waals surface area contributed by atoms with E-state index in [9.17, 15) is 14.0 Å². The Hall–Kier alpha value is -1.95. The fourth-order valence-corrected chi connectivity index (χ4v) is 1.79. The number of nitrogens with one attached hydrogen (secondary N) is 1. The van der Waals surface area contributed by atoms with Crippen LogP contribution in [0.4, 0.5) is 10.1 Å². The first kappa shape index (κ1) is 12.5. The van der Waals surface area contributed by atoms with Crippen LogP contribution in [0.1, 0.15) is 12.8 Å². The topological polar surface area (TPSA) is 75.6 Å². The van der Waals surface area contributed by atoms with E-state index in [1.54, 1.807) is 6.07 Å². The zero-order valence-corrected chi connectivity index (χ0v) is 9.43. The molecule has 2 rings (SSSR count). The molecule has 1 aromatic rings. The maximum absolute atomic E-state index is 13.3. The van der Waals surface area contributed by atoms with Crippen molar-refractivity contribution in [1.29, 1.82) is 0 Å². The maximum atomic E-state index is 13.3. The number of hydrogen-bond donors (Lipinski definition) is 2. The van der Waals surface area contributed by atoms with Gasteiger partial charge in [-0.2, -0.15) is 0 Å². The molecule has 0 unspecified atom stereocenters. The van der Waals surface area contributed by atoms with Gasteiger partial charge in [-0.15, -0.1) is 0 Å². The van der Waals surface area contributed by atoms with Gasteiger partial charge in [0.1, 0.15) is 11.9 Å². The largest absolute Gasteiger partial charge is 0.479 e. The van der Waals surface area contributed by atoms with E-state index in [4.69, 9.17) is 9.84 Å². The quantitative estimate of drug-likeness (QED) is 0.853. The molecule has 1 aromatic carbocycles. The van der Waals surface area contributed by atoms with Gasteiger partial charge in [0.05, 0.1) is 5.69 Å². The molecule has 0 saturated carbocycles. The minimum atomic E-state index is -1.09. The van der Waals surface area contributed by atoms with Crippen molar-refractivity contribution in [3.05, 3.63) is 30.1 Å². The number of para-hydroxylation sites is 1. The zero-order chi connectivity index (χ0) is 13.1. The van der Waals surface area contributed by atoms with Crippen molar-refractivity contribution in [2.75, 3.05) is 5.32 Å². The highest BCUT2D eigenvalue weighted by molar-refractivity contribution is 5.94. The van der Waals surface area contributed by atoms with Gasteiger partial charge in [-0.1, -0.05) is 12.1 Å². The Morgan fingerprint density at radius 2 is 1.94 bits per heavy atom. The van der Waals surface area contributed by atoms with E-state index in [1.807, 2.05) is 0 Å². The highest BCUT2D eigenvalue weighted by Crippen LogP contribution is 2.22. The van der Waals surface area contributed by atoms with Crippen LogP contribution in [-0.4, -0.2) is 29.2 Å². The second kappa shape index (κ2) is 5.14. The number of benzene rings is 1. The lowest BCUT2D eigenvalue weighted by Crippen LogP contribution is -2.30.